The third-order valence-corrected chi connectivity index (χ3v) is 10.1. The van der Waals surface area contributed by atoms with Crippen molar-refractivity contribution >= 4 is 32.6 Å². The summed E-state index contributed by atoms with van der Waals surface area (Å²) >= 11 is 0. The van der Waals surface area contributed by atoms with Crippen molar-refractivity contribution in [2.24, 2.45) is 0 Å². The Hall–Kier alpha value is -7.17. The van der Waals surface area contributed by atoms with E-state index in [2.05, 4.69) is 174 Å². The minimum absolute atomic E-state index is 0.626. The average molecular weight is 677 g/mol. The maximum absolute atomic E-state index is 5.36. The van der Waals surface area contributed by atoms with E-state index in [9.17, 15) is 0 Å². The molecule has 248 valence electrons. The molecule has 0 aliphatic heterocycles. The molecule has 4 nitrogen and oxygen atoms in total. The van der Waals surface area contributed by atoms with Gasteiger partial charge in [0.15, 0.2) is 17.5 Å². The van der Waals surface area contributed by atoms with E-state index in [0.717, 1.165) is 66.4 Å². The molecule has 53 heavy (non-hydrogen) atoms. The van der Waals surface area contributed by atoms with Gasteiger partial charge in [-0.2, -0.15) is 0 Å². The number of hydrogen-bond donors (Lipinski definition) is 0. The Bertz CT molecular complexity index is 2920. The van der Waals surface area contributed by atoms with Gasteiger partial charge in [0.1, 0.15) is 0 Å². The molecular weight excluding hydrogens is 645 g/mol. The second-order valence-corrected chi connectivity index (χ2v) is 13.2. The van der Waals surface area contributed by atoms with Gasteiger partial charge >= 0.3 is 0 Å². The molecule has 0 saturated heterocycles. The third kappa shape index (κ3) is 5.36. The SMILES string of the molecule is c1ccc(-c2ccc(-c3nc(-c4ccccc4)nc(-c4cccc5c4c4ccc6ccccc6c4n5-c4ccccc4)n3)c(-c3ccccc3)c2)cc1. The summed E-state index contributed by atoms with van der Waals surface area (Å²) in [7, 11) is 0. The normalized spacial score (nSPS) is 11.4. The maximum atomic E-state index is 5.36. The standard InChI is InChI=1S/C49H32N4/c1-5-16-33(17-6-1)37-29-30-40(43(32-37)34-18-7-2-8-19-34)48-50-47(36-21-9-3-10-22-36)51-49(52-48)42-26-15-27-44-45(42)41-31-28-35-20-13-14-25-39(35)46(41)53(44)38-23-11-4-12-24-38/h1-32H. The lowest BCUT2D eigenvalue weighted by atomic mass is 9.94. The summed E-state index contributed by atoms with van der Waals surface area (Å²) in [6.45, 7) is 0. The lowest BCUT2D eigenvalue weighted by Gasteiger charge is -2.14. The molecule has 0 spiro atoms. The van der Waals surface area contributed by atoms with Crippen LogP contribution in [0.15, 0.2) is 194 Å². The Labute approximate surface area is 307 Å². The van der Waals surface area contributed by atoms with E-state index < -0.39 is 0 Å². The van der Waals surface area contributed by atoms with E-state index in [1.165, 1.54) is 10.8 Å². The predicted molar refractivity (Wildman–Crippen MR) is 219 cm³/mol. The van der Waals surface area contributed by atoms with Crippen LogP contribution in [-0.2, 0) is 0 Å². The molecule has 8 aromatic carbocycles. The van der Waals surface area contributed by atoms with Crippen LogP contribution in [0, 0.1) is 0 Å². The Morgan fingerprint density at radius 3 is 1.68 bits per heavy atom. The van der Waals surface area contributed by atoms with Crippen LogP contribution in [0.3, 0.4) is 0 Å². The molecule has 0 saturated carbocycles. The zero-order valence-electron chi connectivity index (χ0n) is 28.8. The van der Waals surface area contributed by atoms with Gasteiger partial charge in [0.25, 0.3) is 0 Å². The number of rotatable bonds is 6. The van der Waals surface area contributed by atoms with Crippen LogP contribution in [0.2, 0.25) is 0 Å². The number of benzene rings is 8. The summed E-state index contributed by atoms with van der Waals surface area (Å²) in [5.74, 6) is 1.89. The molecule has 0 amide bonds. The smallest absolute Gasteiger partial charge is 0.164 e. The number of aromatic nitrogens is 4. The lowest BCUT2D eigenvalue weighted by molar-refractivity contribution is 1.08. The molecule has 0 aliphatic rings. The van der Waals surface area contributed by atoms with Gasteiger partial charge < -0.3 is 4.57 Å². The Balaban J connectivity index is 1.27. The molecule has 10 aromatic rings. The number of para-hydroxylation sites is 1. The first-order chi connectivity index (χ1) is 26.3. The fourth-order valence-electron chi connectivity index (χ4n) is 7.60. The van der Waals surface area contributed by atoms with Crippen LogP contribution in [0.5, 0.6) is 0 Å². The molecule has 0 radical (unpaired) electrons. The molecule has 0 N–H and O–H groups in total. The fourth-order valence-corrected chi connectivity index (χ4v) is 7.60. The quantitative estimate of drug-likeness (QED) is 0.176. The highest BCUT2D eigenvalue weighted by Gasteiger charge is 2.22. The molecule has 2 aromatic heterocycles. The van der Waals surface area contributed by atoms with E-state index in [4.69, 9.17) is 15.0 Å². The lowest BCUT2D eigenvalue weighted by Crippen LogP contribution is -2.01. The second-order valence-electron chi connectivity index (χ2n) is 13.2. The highest BCUT2D eigenvalue weighted by atomic mass is 15.0. The van der Waals surface area contributed by atoms with Gasteiger partial charge in [0, 0.05) is 38.5 Å². The van der Waals surface area contributed by atoms with Crippen LogP contribution in [-0.4, -0.2) is 19.5 Å². The molecule has 10 rings (SSSR count). The molecule has 0 atom stereocenters. The highest BCUT2D eigenvalue weighted by molar-refractivity contribution is 6.22. The average Bonchev–Trinajstić information content (AvgIpc) is 3.60. The topological polar surface area (TPSA) is 43.6 Å². The minimum atomic E-state index is 0.626. The summed E-state index contributed by atoms with van der Waals surface area (Å²) in [4.78, 5) is 15.8. The number of nitrogens with zero attached hydrogens (tertiary/aromatic N) is 4. The van der Waals surface area contributed by atoms with Crippen molar-refractivity contribution in [3.05, 3.63) is 194 Å². The zero-order chi connectivity index (χ0) is 35.1. The van der Waals surface area contributed by atoms with Crippen LogP contribution in [0.25, 0.3) is 94.7 Å². The summed E-state index contributed by atoms with van der Waals surface area (Å²) < 4.78 is 2.38. The predicted octanol–water partition coefficient (Wildman–Crippen LogP) is 12.5. The zero-order valence-corrected chi connectivity index (χ0v) is 28.8. The minimum Gasteiger partial charge on any atom is -0.309 e. The molecule has 4 heteroatoms. The van der Waals surface area contributed by atoms with Gasteiger partial charge in [-0.25, -0.2) is 15.0 Å². The van der Waals surface area contributed by atoms with Crippen molar-refractivity contribution in [3.8, 4) is 62.1 Å². The summed E-state index contributed by atoms with van der Waals surface area (Å²) in [6, 6.07) is 68.0. The Kier molecular flexibility index (Phi) is 7.43. The van der Waals surface area contributed by atoms with E-state index >= 15 is 0 Å². The van der Waals surface area contributed by atoms with Gasteiger partial charge in [0.2, 0.25) is 0 Å². The van der Waals surface area contributed by atoms with E-state index in [-0.39, 0.29) is 0 Å². The molecule has 0 bridgehead atoms. The monoisotopic (exact) mass is 676 g/mol. The summed E-state index contributed by atoms with van der Waals surface area (Å²) in [5, 5.41) is 4.65. The van der Waals surface area contributed by atoms with Gasteiger partial charge in [-0.3, -0.25) is 0 Å². The van der Waals surface area contributed by atoms with Gasteiger partial charge in [-0.05, 0) is 58.0 Å². The first kappa shape index (κ1) is 30.6. The van der Waals surface area contributed by atoms with E-state index in [1.807, 2.05) is 24.3 Å². The van der Waals surface area contributed by atoms with Gasteiger partial charge in [0.05, 0.1) is 11.0 Å². The van der Waals surface area contributed by atoms with Crippen molar-refractivity contribution in [1.82, 2.24) is 19.5 Å². The van der Waals surface area contributed by atoms with Crippen molar-refractivity contribution in [2.75, 3.05) is 0 Å². The third-order valence-electron chi connectivity index (χ3n) is 10.1. The van der Waals surface area contributed by atoms with Gasteiger partial charge in [-0.1, -0.05) is 164 Å². The molecule has 0 unspecified atom stereocenters. The van der Waals surface area contributed by atoms with Crippen LogP contribution in [0.4, 0.5) is 0 Å². The largest absolute Gasteiger partial charge is 0.309 e. The number of hydrogen-bond acceptors (Lipinski definition) is 3. The second kappa shape index (κ2) is 12.9. The molecule has 0 fully saturated rings. The first-order valence-corrected chi connectivity index (χ1v) is 17.9. The summed E-state index contributed by atoms with van der Waals surface area (Å²) in [6.07, 6.45) is 0. The van der Waals surface area contributed by atoms with Crippen LogP contribution in [0.1, 0.15) is 0 Å². The van der Waals surface area contributed by atoms with Gasteiger partial charge in [-0.15, -0.1) is 0 Å². The van der Waals surface area contributed by atoms with Crippen LogP contribution >= 0.6 is 0 Å². The fraction of sp³-hybridized carbons (Fsp3) is 0. The van der Waals surface area contributed by atoms with Crippen molar-refractivity contribution < 1.29 is 0 Å². The maximum Gasteiger partial charge on any atom is 0.164 e. The summed E-state index contributed by atoms with van der Waals surface area (Å²) in [5.41, 5.74) is 10.7. The Morgan fingerprint density at radius 1 is 0.340 bits per heavy atom. The first-order valence-electron chi connectivity index (χ1n) is 17.9. The van der Waals surface area contributed by atoms with E-state index in [0.29, 0.717) is 17.5 Å². The molecular formula is C49H32N4. The highest BCUT2D eigenvalue weighted by Crippen LogP contribution is 2.42. The molecule has 2 heterocycles. The number of fused-ring (bicyclic) bond motifs is 5. The van der Waals surface area contributed by atoms with Crippen molar-refractivity contribution in [1.29, 1.82) is 0 Å². The Morgan fingerprint density at radius 2 is 0.943 bits per heavy atom. The van der Waals surface area contributed by atoms with E-state index in [1.54, 1.807) is 0 Å². The van der Waals surface area contributed by atoms with Crippen molar-refractivity contribution in [2.45, 2.75) is 0 Å². The molecule has 0 aliphatic carbocycles. The van der Waals surface area contributed by atoms with Crippen molar-refractivity contribution in [3.63, 3.8) is 0 Å². The van der Waals surface area contributed by atoms with Crippen LogP contribution < -0.4 is 0 Å².